The van der Waals surface area contributed by atoms with Crippen LogP contribution in [0, 0.1) is 0 Å². The molecule has 0 amide bonds. The van der Waals surface area contributed by atoms with E-state index >= 15 is 0 Å². The summed E-state index contributed by atoms with van der Waals surface area (Å²) in [5.74, 6) is 0. The first kappa shape index (κ1) is 20.6. The van der Waals surface area contributed by atoms with Crippen molar-refractivity contribution in [2.45, 2.75) is 0 Å². The molecule has 0 atom stereocenters. The van der Waals surface area contributed by atoms with Gasteiger partial charge < -0.3 is 20.0 Å². The van der Waals surface area contributed by atoms with Gasteiger partial charge in [0.25, 0.3) is 5.56 Å². The summed E-state index contributed by atoms with van der Waals surface area (Å²) in [6.45, 7) is 4.74. The quantitative estimate of drug-likeness (QED) is 0.734. The summed E-state index contributed by atoms with van der Waals surface area (Å²) in [4.78, 5) is 19.0. The summed E-state index contributed by atoms with van der Waals surface area (Å²) in [5.41, 5.74) is 1.05. The summed E-state index contributed by atoms with van der Waals surface area (Å²) >= 11 is 11.9. The standard InChI is InChI=1S/C19H25ClN6OS/c1-23(2)9-8-21-19(28)25-12-10-24(11-13-25)16-14-22-26(18(27)17(16)20)15-6-4-3-5-7-15/h3-7,14H,8-13H2,1-2H3,(H,21,28). The lowest BCUT2D eigenvalue weighted by Gasteiger charge is -2.37. The van der Waals surface area contributed by atoms with Gasteiger partial charge in [-0.25, -0.2) is 0 Å². The average molecular weight is 421 g/mol. The molecule has 2 heterocycles. The number of likely N-dealkylation sites (N-methyl/N-ethyl adjacent to an activating group) is 1. The maximum atomic E-state index is 12.7. The van der Waals surface area contributed by atoms with Gasteiger partial charge in [-0.1, -0.05) is 29.8 Å². The number of nitrogens with one attached hydrogen (secondary N) is 1. The maximum absolute atomic E-state index is 12.7. The normalized spacial score (nSPS) is 14.4. The molecule has 150 valence electrons. The molecule has 7 nitrogen and oxygen atoms in total. The zero-order valence-corrected chi connectivity index (χ0v) is 17.7. The minimum atomic E-state index is -0.311. The Morgan fingerprint density at radius 2 is 1.89 bits per heavy atom. The summed E-state index contributed by atoms with van der Waals surface area (Å²) < 4.78 is 1.33. The fraction of sp³-hybridized carbons (Fsp3) is 0.421. The predicted molar refractivity (Wildman–Crippen MR) is 118 cm³/mol. The zero-order chi connectivity index (χ0) is 20.1. The minimum absolute atomic E-state index is 0.194. The number of thiocarbonyl (C=S) groups is 1. The molecular formula is C19H25ClN6OS. The Bertz CT molecular complexity index is 864. The molecule has 0 spiro atoms. The van der Waals surface area contributed by atoms with Gasteiger partial charge in [0.15, 0.2) is 5.11 Å². The lowest BCUT2D eigenvalue weighted by Crippen LogP contribution is -2.52. The Balaban J connectivity index is 1.64. The highest BCUT2D eigenvalue weighted by atomic mass is 35.5. The van der Waals surface area contributed by atoms with Crippen LogP contribution in [0.5, 0.6) is 0 Å². The van der Waals surface area contributed by atoms with E-state index in [9.17, 15) is 4.79 Å². The van der Waals surface area contributed by atoms with Crippen LogP contribution in [0.1, 0.15) is 0 Å². The van der Waals surface area contributed by atoms with Crippen LogP contribution in [0.3, 0.4) is 0 Å². The minimum Gasteiger partial charge on any atom is -0.365 e. The second-order valence-electron chi connectivity index (χ2n) is 6.91. The summed E-state index contributed by atoms with van der Waals surface area (Å²) in [6, 6.07) is 9.27. The van der Waals surface area contributed by atoms with Crippen LogP contribution >= 0.6 is 23.8 Å². The lowest BCUT2D eigenvalue weighted by molar-refractivity contribution is 0.371. The number of hydrogen-bond donors (Lipinski definition) is 1. The molecule has 0 radical (unpaired) electrons. The number of para-hydroxylation sites is 1. The van der Waals surface area contributed by atoms with E-state index in [4.69, 9.17) is 23.8 Å². The molecule has 1 fully saturated rings. The summed E-state index contributed by atoms with van der Waals surface area (Å²) in [5, 5.41) is 8.57. The topological polar surface area (TPSA) is 56.6 Å². The van der Waals surface area contributed by atoms with Gasteiger partial charge in [-0.3, -0.25) is 4.79 Å². The molecule has 1 aliphatic heterocycles. The molecule has 0 bridgehead atoms. The number of rotatable bonds is 5. The van der Waals surface area contributed by atoms with Crippen molar-refractivity contribution in [2.24, 2.45) is 0 Å². The van der Waals surface area contributed by atoms with Crippen LogP contribution in [-0.2, 0) is 0 Å². The zero-order valence-electron chi connectivity index (χ0n) is 16.1. The maximum Gasteiger partial charge on any atom is 0.292 e. The highest BCUT2D eigenvalue weighted by molar-refractivity contribution is 7.80. The molecule has 1 N–H and O–H groups in total. The van der Waals surface area contributed by atoms with Crippen LogP contribution in [-0.4, -0.2) is 78.1 Å². The molecule has 1 aromatic carbocycles. The van der Waals surface area contributed by atoms with E-state index in [1.807, 2.05) is 44.4 Å². The highest BCUT2D eigenvalue weighted by Crippen LogP contribution is 2.23. The van der Waals surface area contributed by atoms with E-state index in [0.29, 0.717) is 11.4 Å². The number of aromatic nitrogens is 2. The van der Waals surface area contributed by atoms with Gasteiger partial charge in [-0.15, -0.1) is 0 Å². The van der Waals surface area contributed by atoms with Crippen molar-refractivity contribution >= 4 is 34.6 Å². The monoisotopic (exact) mass is 420 g/mol. The van der Waals surface area contributed by atoms with Crippen molar-refractivity contribution in [1.82, 2.24) is 24.9 Å². The van der Waals surface area contributed by atoms with Crippen molar-refractivity contribution in [2.75, 3.05) is 58.3 Å². The van der Waals surface area contributed by atoms with Crippen molar-refractivity contribution in [3.8, 4) is 5.69 Å². The molecule has 2 aromatic rings. The van der Waals surface area contributed by atoms with E-state index in [0.717, 1.165) is 44.4 Å². The molecule has 1 saturated heterocycles. The fourth-order valence-electron chi connectivity index (χ4n) is 3.05. The van der Waals surface area contributed by atoms with Crippen LogP contribution < -0.4 is 15.8 Å². The highest BCUT2D eigenvalue weighted by Gasteiger charge is 2.22. The van der Waals surface area contributed by atoms with Crippen molar-refractivity contribution in [3.63, 3.8) is 0 Å². The van der Waals surface area contributed by atoms with Crippen molar-refractivity contribution in [3.05, 3.63) is 51.9 Å². The van der Waals surface area contributed by atoms with E-state index in [1.54, 1.807) is 6.20 Å². The number of halogens is 1. The summed E-state index contributed by atoms with van der Waals surface area (Å²) in [6.07, 6.45) is 1.67. The Morgan fingerprint density at radius 3 is 2.54 bits per heavy atom. The van der Waals surface area contributed by atoms with Crippen LogP contribution in [0.15, 0.2) is 41.3 Å². The molecule has 1 aromatic heterocycles. The number of benzene rings is 1. The third-order valence-electron chi connectivity index (χ3n) is 4.64. The van der Waals surface area contributed by atoms with Gasteiger partial charge in [-0.2, -0.15) is 9.78 Å². The number of nitrogens with zero attached hydrogens (tertiary/aromatic N) is 5. The Hall–Kier alpha value is -2.16. The second-order valence-corrected chi connectivity index (χ2v) is 7.67. The van der Waals surface area contributed by atoms with Gasteiger partial charge in [0.05, 0.1) is 17.6 Å². The number of hydrogen-bond acceptors (Lipinski definition) is 5. The van der Waals surface area contributed by atoms with E-state index in [1.165, 1.54) is 4.68 Å². The van der Waals surface area contributed by atoms with Gasteiger partial charge >= 0.3 is 0 Å². The molecule has 0 unspecified atom stereocenters. The Kier molecular flexibility index (Phi) is 6.88. The smallest absolute Gasteiger partial charge is 0.292 e. The number of piperazine rings is 1. The summed E-state index contributed by atoms with van der Waals surface area (Å²) in [7, 11) is 4.07. The number of anilines is 1. The third-order valence-corrected chi connectivity index (χ3v) is 5.40. The van der Waals surface area contributed by atoms with Crippen molar-refractivity contribution in [1.29, 1.82) is 0 Å². The largest absolute Gasteiger partial charge is 0.365 e. The molecule has 0 saturated carbocycles. The first-order valence-electron chi connectivity index (χ1n) is 9.23. The van der Waals surface area contributed by atoms with Gasteiger partial charge in [0, 0.05) is 39.3 Å². The Morgan fingerprint density at radius 1 is 1.21 bits per heavy atom. The second kappa shape index (κ2) is 9.36. The fourth-order valence-corrected chi connectivity index (χ4v) is 3.58. The molecule has 3 rings (SSSR count). The molecule has 9 heteroatoms. The van der Waals surface area contributed by atoms with Crippen molar-refractivity contribution < 1.29 is 0 Å². The lowest BCUT2D eigenvalue weighted by atomic mass is 10.3. The SMILES string of the molecule is CN(C)CCNC(=S)N1CCN(c2cnn(-c3ccccc3)c(=O)c2Cl)CC1. The first-order valence-corrected chi connectivity index (χ1v) is 10.0. The van der Waals surface area contributed by atoms with Crippen LogP contribution in [0.4, 0.5) is 5.69 Å². The van der Waals surface area contributed by atoms with E-state index in [-0.39, 0.29) is 10.6 Å². The first-order chi connectivity index (χ1) is 13.5. The molecular weight excluding hydrogens is 396 g/mol. The Labute approximate surface area is 175 Å². The molecule has 0 aliphatic carbocycles. The van der Waals surface area contributed by atoms with Gasteiger partial charge in [0.1, 0.15) is 5.02 Å². The van der Waals surface area contributed by atoms with Gasteiger partial charge in [0.2, 0.25) is 0 Å². The molecule has 1 aliphatic rings. The third kappa shape index (κ3) is 4.81. The van der Waals surface area contributed by atoms with Crippen LogP contribution in [0.25, 0.3) is 5.69 Å². The van der Waals surface area contributed by atoms with Crippen LogP contribution in [0.2, 0.25) is 5.02 Å². The molecule has 28 heavy (non-hydrogen) atoms. The predicted octanol–water partition coefficient (Wildman–Crippen LogP) is 1.44. The van der Waals surface area contributed by atoms with E-state index in [2.05, 4.69) is 25.1 Å². The van der Waals surface area contributed by atoms with Gasteiger partial charge in [-0.05, 0) is 38.4 Å². The van der Waals surface area contributed by atoms with E-state index < -0.39 is 0 Å². The average Bonchev–Trinajstić information content (AvgIpc) is 2.70.